The number of imidazole rings is 1. The number of aromatic nitrogens is 4. The van der Waals surface area contributed by atoms with Crippen LogP contribution in [0.1, 0.15) is 23.1 Å². The lowest BCUT2D eigenvalue weighted by Crippen LogP contribution is -2.55. The van der Waals surface area contributed by atoms with Gasteiger partial charge >= 0.3 is 0 Å². The summed E-state index contributed by atoms with van der Waals surface area (Å²) in [6.07, 6.45) is 1.45. The molecule has 6 rings (SSSR count). The Labute approximate surface area is 225 Å². The number of nitrogens with one attached hydrogen (secondary N) is 1. The number of ether oxygens (including phenoxy) is 1. The maximum absolute atomic E-state index is 11.4. The molecule has 0 radical (unpaired) electrons. The van der Waals surface area contributed by atoms with E-state index in [4.69, 9.17) is 9.57 Å². The zero-order valence-electron chi connectivity index (χ0n) is 21.4. The van der Waals surface area contributed by atoms with Crippen LogP contribution in [0.5, 0.6) is 0 Å². The maximum Gasteiger partial charge on any atom is 0.181 e. The third-order valence-corrected chi connectivity index (χ3v) is 7.57. The molecule has 0 spiro atoms. The number of aliphatic hydroxyl groups is 2. The van der Waals surface area contributed by atoms with E-state index < -0.39 is 23.3 Å². The molecule has 0 amide bonds. The van der Waals surface area contributed by atoms with Gasteiger partial charge in [0.25, 0.3) is 0 Å². The van der Waals surface area contributed by atoms with Gasteiger partial charge in [-0.05, 0) is 16.7 Å². The van der Waals surface area contributed by atoms with Crippen molar-refractivity contribution in [3.05, 3.63) is 120 Å². The van der Waals surface area contributed by atoms with Crippen molar-refractivity contribution in [3.63, 3.8) is 0 Å². The Bertz CT molecular complexity index is 1450. The number of fused-ring (bicyclic) bond motifs is 1. The first-order valence-corrected chi connectivity index (χ1v) is 12.8. The van der Waals surface area contributed by atoms with Gasteiger partial charge in [0.15, 0.2) is 22.7 Å². The predicted octanol–water partition coefficient (Wildman–Crippen LogP) is 3.63. The summed E-state index contributed by atoms with van der Waals surface area (Å²) in [5, 5.41) is 21.7. The van der Waals surface area contributed by atoms with E-state index in [0.717, 1.165) is 16.7 Å². The van der Waals surface area contributed by atoms with Gasteiger partial charge in [-0.2, -0.15) is 0 Å². The number of nitrogens with zero attached hydrogens (tertiary/aromatic N) is 4. The molecule has 1 aliphatic heterocycles. The Hall–Kier alpha value is -4.15. The minimum absolute atomic E-state index is 0.152. The number of aliphatic hydroxyl groups excluding tert-OH is 2. The van der Waals surface area contributed by atoms with E-state index >= 15 is 0 Å². The van der Waals surface area contributed by atoms with Gasteiger partial charge < -0.3 is 14.9 Å². The molecule has 5 aromatic rings. The smallest absolute Gasteiger partial charge is 0.181 e. The summed E-state index contributed by atoms with van der Waals surface area (Å²) in [5.74, 6) is 0.401. The van der Waals surface area contributed by atoms with Gasteiger partial charge in [-0.1, -0.05) is 91.0 Å². The second-order valence-corrected chi connectivity index (χ2v) is 9.56. The molecule has 3 atom stereocenters. The van der Waals surface area contributed by atoms with Crippen LogP contribution < -0.4 is 5.48 Å². The zero-order valence-corrected chi connectivity index (χ0v) is 21.4. The fourth-order valence-corrected chi connectivity index (χ4v) is 6.04. The van der Waals surface area contributed by atoms with Crippen LogP contribution in [0.25, 0.3) is 11.2 Å². The largest absolute Gasteiger partial charge is 0.394 e. The molecule has 2 aromatic heterocycles. The predicted molar refractivity (Wildman–Crippen MR) is 146 cm³/mol. The minimum atomic E-state index is -1.31. The summed E-state index contributed by atoms with van der Waals surface area (Å²) in [6.45, 7) is -0.352. The second kappa shape index (κ2) is 10.2. The minimum Gasteiger partial charge on any atom is -0.394 e. The van der Waals surface area contributed by atoms with Crippen LogP contribution >= 0.6 is 0 Å². The normalized spacial score (nSPS) is 21.3. The molecule has 1 aliphatic rings. The highest BCUT2D eigenvalue weighted by Crippen LogP contribution is 2.57. The third kappa shape index (κ3) is 3.82. The molecule has 0 saturated carbocycles. The Morgan fingerprint density at radius 1 is 0.923 bits per heavy atom. The number of benzene rings is 3. The molecule has 9 nitrogen and oxygen atoms in total. The van der Waals surface area contributed by atoms with Crippen LogP contribution in [-0.4, -0.2) is 55.7 Å². The first-order valence-electron chi connectivity index (χ1n) is 12.8. The molecule has 1 saturated heterocycles. The molecule has 0 unspecified atom stereocenters. The third-order valence-electron chi connectivity index (χ3n) is 7.57. The van der Waals surface area contributed by atoms with Crippen LogP contribution in [0, 0.1) is 0 Å². The van der Waals surface area contributed by atoms with Crippen LogP contribution in [0.3, 0.4) is 0 Å². The van der Waals surface area contributed by atoms with Crippen molar-refractivity contribution in [1.82, 2.24) is 19.5 Å². The van der Waals surface area contributed by atoms with Crippen molar-refractivity contribution in [3.8, 4) is 0 Å². The van der Waals surface area contributed by atoms with E-state index in [2.05, 4.69) is 56.8 Å². The lowest BCUT2D eigenvalue weighted by molar-refractivity contribution is -0.142. The summed E-state index contributed by atoms with van der Waals surface area (Å²) in [6, 6.07) is 30.3. The summed E-state index contributed by atoms with van der Waals surface area (Å²) in [5.41, 5.74) is 4.26. The quantitative estimate of drug-likeness (QED) is 0.209. The molecule has 0 aliphatic carbocycles. The SMILES string of the molecule is CONc1ncnc2c1ncn2[C@@]1(C(c2ccccc2)(c2ccccc2)c2ccccc2)C[C@H](O)[C@@H](CO)O1. The lowest BCUT2D eigenvalue weighted by atomic mass is 9.61. The van der Waals surface area contributed by atoms with E-state index in [1.807, 2.05) is 59.2 Å². The number of hydrogen-bond acceptors (Lipinski definition) is 8. The zero-order chi connectivity index (χ0) is 26.9. The molecule has 1 fully saturated rings. The number of rotatable bonds is 8. The van der Waals surface area contributed by atoms with E-state index in [9.17, 15) is 10.2 Å². The van der Waals surface area contributed by atoms with Crippen LogP contribution in [0.2, 0.25) is 0 Å². The average Bonchev–Trinajstić information content (AvgIpc) is 3.58. The van der Waals surface area contributed by atoms with Crippen molar-refractivity contribution in [2.75, 3.05) is 19.2 Å². The van der Waals surface area contributed by atoms with E-state index in [1.165, 1.54) is 13.4 Å². The Morgan fingerprint density at radius 2 is 1.49 bits per heavy atom. The van der Waals surface area contributed by atoms with Gasteiger partial charge in [0.05, 0.1) is 31.6 Å². The van der Waals surface area contributed by atoms with Crippen LogP contribution in [0.4, 0.5) is 5.82 Å². The molecule has 3 aromatic carbocycles. The van der Waals surface area contributed by atoms with Gasteiger partial charge in [-0.25, -0.2) is 20.4 Å². The Morgan fingerprint density at radius 3 is 1.97 bits per heavy atom. The van der Waals surface area contributed by atoms with Gasteiger partial charge in [0.2, 0.25) is 0 Å². The van der Waals surface area contributed by atoms with Crippen molar-refractivity contribution in [2.45, 2.75) is 29.8 Å². The Kier molecular flexibility index (Phi) is 6.58. The van der Waals surface area contributed by atoms with Crippen molar-refractivity contribution < 1.29 is 19.8 Å². The summed E-state index contributed by atoms with van der Waals surface area (Å²) in [7, 11) is 1.50. The molecule has 9 heteroatoms. The van der Waals surface area contributed by atoms with Crippen molar-refractivity contribution in [2.24, 2.45) is 0 Å². The molecular formula is C30H29N5O4. The van der Waals surface area contributed by atoms with Crippen molar-refractivity contribution >= 4 is 17.0 Å². The first-order chi connectivity index (χ1) is 19.2. The van der Waals surface area contributed by atoms with Crippen molar-refractivity contribution in [1.29, 1.82) is 0 Å². The fraction of sp³-hybridized carbons (Fsp3) is 0.233. The van der Waals surface area contributed by atoms with E-state index in [-0.39, 0.29) is 13.0 Å². The highest BCUT2D eigenvalue weighted by Gasteiger charge is 2.63. The maximum atomic E-state index is 11.4. The average molecular weight is 524 g/mol. The van der Waals surface area contributed by atoms with Crippen LogP contribution in [-0.2, 0) is 20.7 Å². The van der Waals surface area contributed by atoms with Gasteiger partial charge in [-0.3, -0.25) is 9.40 Å². The van der Waals surface area contributed by atoms with Gasteiger partial charge in [0, 0.05) is 6.42 Å². The molecule has 198 valence electrons. The number of anilines is 1. The molecule has 3 N–H and O–H groups in total. The molecular weight excluding hydrogens is 494 g/mol. The van der Waals surface area contributed by atoms with E-state index in [0.29, 0.717) is 17.0 Å². The Balaban J connectivity index is 1.78. The molecule has 3 heterocycles. The number of hydrogen-bond donors (Lipinski definition) is 3. The second-order valence-electron chi connectivity index (χ2n) is 9.56. The lowest BCUT2D eigenvalue weighted by Gasteiger charge is -2.50. The highest BCUT2D eigenvalue weighted by atomic mass is 16.6. The standard InChI is InChI=1S/C30H29N5O4/c1-38-34-27-26-28(32-19-31-27)35(20-33-26)29(17-24(37)25(18-36)39-29)30(21-11-5-2-6-12-21,22-13-7-3-8-14-22)23-15-9-4-10-16-23/h2-16,19-20,24-25,36-37H,17-18H2,1H3,(H,31,32,34)/t24-,25+,29-/m0/s1. The summed E-state index contributed by atoms with van der Waals surface area (Å²) >= 11 is 0. The highest BCUT2D eigenvalue weighted by molar-refractivity contribution is 5.82. The first kappa shape index (κ1) is 25.1. The van der Waals surface area contributed by atoms with Gasteiger partial charge in [-0.15, -0.1) is 0 Å². The fourth-order valence-electron chi connectivity index (χ4n) is 6.04. The monoisotopic (exact) mass is 523 g/mol. The van der Waals surface area contributed by atoms with Gasteiger partial charge in [0.1, 0.15) is 12.4 Å². The summed E-state index contributed by atoms with van der Waals surface area (Å²) in [4.78, 5) is 18.7. The molecule has 0 bridgehead atoms. The molecule has 39 heavy (non-hydrogen) atoms. The topological polar surface area (TPSA) is 115 Å². The summed E-state index contributed by atoms with van der Waals surface area (Å²) < 4.78 is 8.77. The van der Waals surface area contributed by atoms with E-state index in [1.54, 1.807) is 6.33 Å². The van der Waals surface area contributed by atoms with Crippen LogP contribution in [0.15, 0.2) is 104 Å².